The molecule has 0 saturated carbocycles. The molecule has 2 aromatic carbocycles. The van der Waals surface area contributed by atoms with Crippen molar-refractivity contribution in [3.05, 3.63) is 81.9 Å². The van der Waals surface area contributed by atoms with Gasteiger partial charge in [-0.2, -0.15) is 0 Å². The molecule has 0 N–H and O–H groups in total. The molecule has 0 aromatic heterocycles. The monoisotopic (exact) mass is 462 g/mol. The first-order valence-electron chi connectivity index (χ1n) is 11.0. The van der Waals surface area contributed by atoms with E-state index in [1.807, 2.05) is 11.1 Å². The van der Waals surface area contributed by atoms with Crippen molar-refractivity contribution >= 4 is 18.5 Å². The first-order valence-corrected chi connectivity index (χ1v) is 21.8. The number of allylic oxidation sites excluding steroid dienone is 2. The van der Waals surface area contributed by atoms with E-state index in [4.69, 9.17) is 0 Å². The number of hydrogen-bond donors (Lipinski definition) is 0. The molecule has 2 aromatic rings. The summed E-state index contributed by atoms with van der Waals surface area (Å²) in [6.07, 6.45) is 2.45. The first-order chi connectivity index (χ1) is 13.4. The fourth-order valence-corrected chi connectivity index (χ4v) is 24.3. The predicted octanol–water partition coefficient (Wildman–Crippen LogP) is 7.87. The van der Waals surface area contributed by atoms with E-state index >= 15 is 0 Å². The Labute approximate surface area is 176 Å². The van der Waals surface area contributed by atoms with Crippen LogP contribution in [0.5, 0.6) is 0 Å². The van der Waals surface area contributed by atoms with Crippen LogP contribution in [0.3, 0.4) is 0 Å². The van der Waals surface area contributed by atoms with Crippen molar-refractivity contribution in [2.75, 3.05) is 0 Å². The minimum atomic E-state index is -2.62. The van der Waals surface area contributed by atoms with E-state index in [0.717, 1.165) is 7.25 Å². The third-order valence-corrected chi connectivity index (χ3v) is 22.2. The normalized spacial score (nSPS) is 26.1. The SMILES string of the molecule is CCC1=C2c3ccccc3[CH]1[Zr]([CH3])([CH3])[CH]1C(CC)=C(c3ccccc31)[Si]2(C)C. The molecule has 2 heteroatoms. The number of benzene rings is 2. The summed E-state index contributed by atoms with van der Waals surface area (Å²) in [6, 6.07) is 19.0. The standard InChI is InChI=1S/C24H26Si.2CH3.Zr/c1-5-17-15-19-11-7-9-13-21(19)23(17)25(3,4)24-18(6-2)16-20-12-8-10-14-22(20)24;;;/h7-16H,5-6H2,1-4H3;2*1H3;. The molecule has 5 rings (SSSR count). The third-order valence-electron chi connectivity index (χ3n) is 7.92. The van der Waals surface area contributed by atoms with Gasteiger partial charge >= 0.3 is 177 Å². The van der Waals surface area contributed by atoms with Gasteiger partial charge in [0.2, 0.25) is 0 Å². The summed E-state index contributed by atoms with van der Waals surface area (Å²) in [6.45, 7) is 10.1. The van der Waals surface area contributed by atoms with E-state index < -0.39 is 28.3 Å². The Morgan fingerprint density at radius 2 is 1.11 bits per heavy atom. The second-order valence-electron chi connectivity index (χ2n) is 9.99. The molecule has 2 unspecified atom stereocenters. The molecule has 3 aliphatic rings. The molecule has 0 saturated heterocycles. The van der Waals surface area contributed by atoms with Crippen LogP contribution in [-0.4, -0.2) is 8.07 Å². The molecule has 2 atom stereocenters. The summed E-state index contributed by atoms with van der Waals surface area (Å²) in [5.74, 6) is 0. The van der Waals surface area contributed by atoms with E-state index in [1.54, 1.807) is 32.6 Å². The molecule has 144 valence electrons. The van der Waals surface area contributed by atoms with Crippen molar-refractivity contribution in [2.45, 2.75) is 56.3 Å². The summed E-state index contributed by atoms with van der Waals surface area (Å²) in [5.41, 5.74) is 10.3. The molecule has 0 nitrogen and oxygen atoms in total. The van der Waals surface area contributed by atoms with Crippen molar-refractivity contribution in [1.82, 2.24) is 0 Å². The summed E-state index contributed by atoms with van der Waals surface area (Å²) >= 11 is -2.62. The van der Waals surface area contributed by atoms with Crippen molar-refractivity contribution in [2.24, 2.45) is 0 Å². The van der Waals surface area contributed by atoms with Gasteiger partial charge in [-0.3, -0.25) is 0 Å². The zero-order valence-corrected chi connectivity index (χ0v) is 21.6. The Balaban J connectivity index is 1.95. The van der Waals surface area contributed by atoms with E-state index in [0.29, 0.717) is 0 Å². The van der Waals surface area contributed by atoms with Gasteiger partial charge in [0.15, 0.2) is 0 Å². The molecule has 0 amide bonds. The fraction of sp³-hybridized carbons (Fsp3) is 0.385. The molecular weight excluding hydrogens is 432 g/mol. The van der Waals surface area contributed by atoms with Gasteiger partial charge in [0.1, 0.15) is 0 Å². The minimum absolute atomic E-state index is 0.747. The van der Waals surface area contributed by atoms with Crippen molar-refractivity contribution in [3.8, 4) is 0 Å². The Morgan fingerprint density at radius 1 is 0.714 bits per heavy atom. The zero-order valence-electron chi connectivity index (χ0n) is 18.2. The summed E-state index contributed by atoms with van der Waals surface area (Å²) in [4.78, 5) is 0. The van der Waals surface area contributed by atoms with Crippen LogP contribution in [0.4, 0.5) is 0 Å². The van der Waals surface area contributed by atoms with Crippen LogP contribution >= 0.6 is 0 Å². The van der Waals surface area contributed by atoms with Gasteiger partial charge < -0.3 is 0 Å². The summed E-state index contributed by atoms with van der Waals surface area (Å²) in [7, 11) is -1.79. The molecule has 2 aliphatic carbocycles. The van der Waals surface area contributed by atoms with Gasteiger partial charge in [0.05, 0.1) is 0 Å². The topological polar surface area (TPSA) is 0 Å². The zero-order chi connectivity index (χ0) is 19.8. The van der Waals surface area contributed by atoms with E-state index in [9.17, 15) is 0 Å². The van der Waals surface area contributed by atoms with Crippen molar-refractivity contribution in [1.29, 1.82) is 0 Å². The second kappa shape index (κ2) is 6.26. The summed E-state index contributed by atoms with van der Waals surface area (Å²) in [5, 5.41) is 3.60. The van der Waals surface area contributed by atoms with Gasteiger partial charge in [-0.25, -0.2) is 0 Å². The molecule has 1 aliphatic heterocycles. The molecule has 4 bridgehead atoms. The third kappa shape index (κ3) is 2.20. The molecule has 0 spiro atoms. The van der Waals surface area contributed by atoms with Crippen molar-refractivity contribution in [3.63, 3.8) is 0 Å². The van der Waals surface area contributed by atoms with Crippen molar-refractivity contribution < 1.29 is 20.3 Å². The van der Waals surface area contributed by atoms with Crippen LogP contribution in [0.25, 0.3) is 10.4 Å². The quantitative estimate of drug-likeness (QED) is 0.397. The fourth-order valence-electron chi connectivity index (χ4n) is 7.19. The van der Waals surface area contributed by atoms with Crippen LogP contribution < -0.4 is 0 Å². The predicted molar refractivity (Wildman–Crippen MR) is 122 cm³/mol. The average molecular weight is 464 g/mol. The van der Waals surface area contributed by atoms with Gasteiger partial charge in [-0.1, -0.05) is 0 Å². The summed E-state index contributed by atoms with van der Waals surface area (Å²) < 4.78 is 7.01. The second-order valence-corrected chi connectivity index (χ2v) is 26.0. The van der Waals surface area contributed by atoms with Crippen LogP contribution in [-0.2, 0) is 20.3 Å². The Morgan fingerprint density at radius 3 is 1.50 bits per heavy atom. The Hall–Kier alpha value is -0.980. The number of fused-ring (bicyclic) bond motifs is 8. The number of hydrogen-bond acceptors (Lipinski definition) is 0. The van der Waals surface area contributed by atoms with E-state index in [1.165, 1.54) is 12.8 Å². The maximum atomic E-state index is 2.76. The first kappa shape index (κ1) is 19.0. The molecule has 28 heavy (non-hydrogen) atoms. The van der Waals surface area contributed by atoms with Gasteiger partial charge in [-0.15, -0.1) is 0 Å². The molecule has 1 heterocycles. The van der Waals surface area contributed by atoms with E-state index in [-0.39, 0.29) is 0 Å². The average Bonchev–Trinajstić information content (AvgIpc) is 3.21. The Kier molecular flexibility index (Phi) is 4.25. The molecular formula is C26H32SiZr. The molecule has 0 fully saturated rings. The van der Waals surface area contributed by atoms with Crippen LogP contribution in [0, 0.1) is 0 Å². The van der Waals surface area contributed by atoms with Crippen LogP contribution in [0.2, 0.25) is 22.4 Å². The van der Waals surface area contributed by atoms with Gasteiger partial charge in [0, 0.05) is 0 Å². The van der Waals surface area contributed by atoms with Gasteiger partial charge in [-0.05, 0) is 0 Å². The van der Waals surface area contributed by atoms with E-state index in [2.05, 4.69) is 84.7 Å². The van der Waals surface area contributed by atoms with Gasteiger partial charge in [0.25, 0.3) is 0 Å². The van der Waals surface area contributed by atoms with Crippen LogP contribution in [0.15, 0.2) is 59.7 Å². The Bertz CT molecular complexity index is 972. The number of rotatable bonds is 2. The maximum absolute atomic E-state index is 2.76. The van der Waals surface area contributed by atoms with Crippen LogP contribution in [0.1, 0.15) is 56.2 Å². The molecule has 0 radical (unpaired) electrons.